The number of nitrogens with one attached hydrogen (secondary N) is 1. The molecule has 0 radical (unpaired) electrons. The van der Waals surface area contributed by atoms with E-state index in [2.05, 4.69) is 0 Å². The van der Waals surface area contributed by atoms with Gasteiger partial charge in [0.25, 0.3) is 0 Å². The predicted octanol–water partition coefficient (Wildman–Crippen LogP) is 0.992. The smallest absolute Gasteiger partial charge is 0.102 e. The molecule has 0 aliphatic heterocycles. The van der Waals surface area contributed by atoms with Gasteiger partial charge in [-0.05, 0) is 13.8 Å². The van der Waals surface area contributed by atoms with Gasteiger partial charge in [0.2, 0.25) is 0 Å². The molecule has 0 unspecified atom stereocenters. The van der Waals surface area contributed by atoms with Crippen molar-refractivity contribution in [2.24, 2.45) is 5.73 Å². The van der Waals surface area contributed by atoms with Gasteiger partial charge in [0, 0.05) is 25.6 Å². The minimum Gasteiger partial charge on any atom is -0.388 e. The van der Waals surface area contributed by atoms with E-state index >= 15 is 0 Å². The first-order valence-corrected chi connectivity index (χ1v) is 4.20. The van der Waals surface area contributed by atoms with Crippen LogP contribution in [0.25, 0.3) is 0 Å². The SMILES string of the molecule is CC(C)N(CCF)CCC(=N)N. The van der Waals surface area contributed by atoms with Crippen molar-refractivity contribution in [1.29, 1.82) is 5.41 Å². The van der Waals surface area contributed by atoms with Crippen LogP contribution in [0.5, 0.6) is 0 Å². The lowest BCUT2D eigenvalue weighted by molar-refractivity contribution is 0.208. The quantitative estimate of drug-likeness (QED) is 0.467. The van der Waals surface area contributed by atoms with E-state index in [-0.39, 0.29) is 12.5 Å². The number of hydrogen-bond acceptors (Lipinski definition) is 2. The second-order valence-corrected chi connectivity index (χ2v) is 3.09. The molecule has 0 aliphatic rings. The minimum atomic E-state index is -0.337. The van der Waals surface area contributed by atoms with Crippen LogP contribution in [0.2, 0.25) is 0 Å². The van der Waals surface area contributed by atoms with Crippen LogP contribution in [-0.2, 0) is 0 Å². The van der Waals surface area contributed by atoms with Crippen LogP contribution in [0.3, 0.4) is 0 Å². The van der Waals surface area contributed by atoms with Gasteiger partial charge in [0.1, 0.15) is 6.67 Å². The Balaban J connectivity index is 3.70. The molecule has 0 rings (SSSR count). The van der Waals surface area contributed by atoms with Crippen molar-refractivity contribution in [2.75, 3.05) is 19.8 Å². The molecule has 0 amide bonds. The Morgan fingerprint density at radius 3 is 2.42 bits per heavy atom. The molecule has 0 aliphatic carbocycles. The van der Waals surface area contributed by atoms with Gasteiger partial charge in [0.05, 0.1) is 5.84 Å². The third kappa shape index (κ3) is 5.07. The lowest BCUT2D eigenvalue weighted by atomic mass is 10.3. The molecule has 0 fully saturated rings. The van der Waals surface area contributed by atoms with E-state index in [0.717, 1.165) is 0 Å². The van der Waals surface area contributed by atoms with Crippen molar-refractivity contribution >= 4 is 5.84 Å². The Hall–Kier alpha value is -0.640. The van der Waals surface area contributed by atoms with Gasteiger partial charge in [0.15, 0.2) is 0 Å². The Kier molecular flexibility index (Phi) is 5.62. The van der Waals surface area contributed by atoms with Crippen molar-refractivity contribution in [3.63, 3.8) is 0 Å². The standard InChI is InChI=1S/C8H18FN3/c1-7(2)12(6-4-9)5-3-8(10)11/h7H,3-6H2,1-2H3,(H3,10,11). The summed E-state index contributed by atoms with van der Waals surface area (Å²) in [7, 11) is 0. The molecule has 0 saturated carbocycles. The van der Waals surface area contributed by atoms with E-state index in [9.17, 15) is 4.39 Å². The largest absolute Gasteiger partial charge is 0.388 e. The monoisotopic (exact) mass is 175 g/mol. The minimum absolute atomic E-state index is 0.166. The average Bonchev–Trinajstić information content (AvgIpc) is 1.96. The molecule has 72 valence electrons. The number of hydrogen-bond donors (Lipinski definition) is 2. The molecule has 3 N–H and O–H groups in total. The Bertz CT molecular complexity index is 136. The molecule has 0 atom stereocenters. The Morgan fingerprint density at radius 1 is 1.50 bits per heavy atom. The topological polar surface area (TPSA) is 53.1 Å². The Labute approximate surface area is 73.2 Å². The summed E-state index contributed by atoms with van der Waals surface area (Å²) in [4.78, 5) is 1.97. The summed E-state index contributed by atoms with van der Waals surface area (Å²) in [5.74, 6) is 0.166. The summed E-state index contributed by atoms with van der Waals surface area (Å²) in [5, 5.41) is 7.02. The number of rotatable bonds is 6. The number of nitrogens with two attached hydrogens (primary N) is 1. The van der Waals surface area contributed by atoms with Gasteiger partial charge in [-0.2, -0.15) is 0 Å². The van der Waals surface area contributed by atoms with Crippen LogP contribution in [-0.4, -0.2) is 36.5 Å². The lowest BCUT2D eigenvalue weighted by Crippen LogP contribution is -2.35. The molecule has 0 spiro atoms. The molecular weight excluding hydrogens is 157 g/mol. The van der Waals surface area contributed by atoms with Crippen molar-refractivity contribution in [2.45, 2.75) is 26.3 Å². The van der Waals surface area contributed by atoms with Gasteiger partial charge < -0.3 is 5.73 Å². The van der Waals surface area contributed by atoms with Crippen molar-refractivity contribution < 1.29 is 4.39 Å². The Morgan fingerprint density at radius 2 is 2.08 bits per heavy atom. The van der Waals surface area contributed by atoms with E-state index in [1.54, 1.807) is 0 Å². The molecule has 0 aromatic heterocycles. The highest BCUT2D eigenvalue weighted by atomic mass is 19.1. The number of alkyl halides is 1. The van der Waals surface area contributed by atoms with Crippen LogP contribution >= 0.6 is 0 Å². The van der Waals surface area contributed by atoms with Crippen molar-refractivity contribution in [3.8, 4) is 0 Å². The molecule has 12 heavy (non-hydrogen) atoms. The summed E-state index contributed by atoms with van der Waals surface area (Å²) in [6.45, 7) is 4.80. The summed E-state index contributed by atoms with van der Waals surface area (Å²) in [5.41, 5.74) is 5.20. The molecule has 0 heterocycles. The van der Waals surface area contributed by atoms with Gasteiger partial charge in [-0.15, -0.1) is 0 Å². The fourth-order valence-electron chi connectivity index (χ4n) is 1.00. The third-order valence-corrected chi connectivity index (χ3v) is 1.77. The zero-order valence-corrected chi connectivity index (χ0v) is 7.81. The molecular formula is C8H18FN3. The number of amidine groups is 1. The maximum absolute atomic E-state index is 12.0. The predicted molar refractivity (Wildman–Crippen MR) is 49.2 cm³/mol. The maximum Gasteiger partial charge on any atom is 0.102 e. The highest BCUT2D eigenvalue weighted by molar-refractivity contribution is 5.76. The van der Waals surface area contributed by atoms with Gasteiger partial charge in [-0.25, -0.2) is 4.39 Å². The average molecular weight is 175 g/mol. The van der Waals surface area contributed by atoms with Gasteiger partial charge >= 0.3 is 0 Å². The molecule has 0 saturated heterocycles. The molecule has 0 bridgehead atoms. The van der Waals surface area contributed by atoms with Crippen LogP contribution in [0.1, 0.15) is 20.3 Å². The highest BCUT2D eigenvalue weighted by Crippen LogP contribution is 1.98. The first kappa shape index (κ1) is 11.4. The lowest BCUT2D eigenvalue weighted by Gasteiger charge is -2.24. The van der Waals surface area contributed by atoms with E-state index in [1.807, 2.05) is 18.7 Å². The first-order valence-electron chi connectivity index (χ1n) is 4.20. The summed E-state index contributed by atoms with van der Waals surface area (Å²) in [6.07, 6.45) is 0.526. The van der Waals surface area contributed by atoms with Gasteiger partial charge in [-0.3, -0.25) is 10.3 Å². The van der Waals surface area contributed by atoms with Crippen molar-refractivity contribution in [3.05, 3.63) is 0 Å². The van der Waals surface area contributed by atoms with Gasteiger partial charge in [-0.1, -0.05) is 0 Å². The number of nitrogens with zero attached hydrogens (tertiary/aromatic N) is 1. The van der Waals surface area contributed by atoms with Crippen LogP contribution < -0.4 is 5.73 Å². The molecule has 4 heteroatoms. The van der Waals surface area contributed by atoms with E-state index in [1.165, 1.54) is 0 Å². The third-order valence-electron chi connectivity index (χ3n) is 1.77. The van der Waals surface area contributed by atoms with E-state index in [4.69, 9.17) is 11.1 Å². The summed E-state index contributed by atoms with van der Waals surface area (Å²) in [6, 6.07) is 0.320. The highest BCUT2D eigenvalue weighted by Gasteiger charge is 2.08. The zero-order valence-electron chi connectivity index (χ0n) is 7.81. The van der Waals surface area contributed by atoms with E-state index < -0.39 is 0 Å². The van der Waals surface area contributed by atoms with Crippen LogP contribution in [0.15, 0.2) is 0 Å². The van der Waals surface area contributed by atoms with Crippen LogP contribution in [0.4, 0.5) is 4.39 Å². The van der Waals surface area contributed by atoms with Crippen molar-refractivity contribution in [1.82, 2.24) is 4.90 Å². The molecule has 0 aromatic rings. The summed E-state index contributed by atoms with van der Waals surface area (Å²) < 4.78 is 12.0. The van der Waals surface area contributed by atoms with E-state index in [0.29, 0.717) is 25.6 Å². The van der Waals surface area contributed by atoms with Crippen LogP contribution in [0, 0.1) is 5.41 Å². The fraction of sp³-hybridized carbons (Fsp3) is 0.875. The fourth-order valence-corrected chi connectivity index (χ4v) is 1.00. The normalized spacial score (nSPS) is 11.1. The first-order chi connectivity index (χ1) is 5.57. The second-order valence-electron chi connectivity index (χ2n) is 3.09. The molecule has 3 nitrogen and oxygen atoms in total. The second kappa shape index (κ2) is 5.94. The molecule has 0 aromatic carbocycles. The zero-order chi connectivity index (χ0) is 9.56. The summed E-state index contributed by atoms with van der Waals surface area (Å²) >= 11 is 0. The number of halogens is 1. The maximum atomic E-state index is 12.0.